The van der Waals surface area contributed by atoms with Crippen LogP contribution in [-0.4, -0.2) is 27.7 Å². The molecule has 1 aromatic rings. The highest BCUT2D eigenvalue weighted by atomic mass is 32.2. The summed E-state index contributed by atoms with van der Waals surface area (Å²) >= 11 is 0. The molecular formula is C10H12F2N2O3S. The van der Waals surface area contributed by atoms with Crippen LogP contribution in [0, 0.1) is 11.6 Å². The lowest BCUT2D eigenvalue weighted by Gasteiger charge is -2.12. The van der Waals surface area contributed by atoms with Crippen molar-refractivity contribution >= 4 is 15.7 Å². The third kappa shape index (κ3) is 2.60. The van der Waals surface area contributed by atoms with Crippen molar-refractivity contribution in [2.75, 3.05) is 18.9 Å². The van der Waals surface area contributed by atoms with Gasteiger partial charge in [0.2, 0.25) is 10.0 Å². The highest BCUT2D eigenvalue weighted by Crippen LogP contribution is 2.22. The number of benzene rings is 1. The minimum Gasteiger partial charge on any atom is -0.399 e. The van der Waals surface area contributed by atoms with Gasteiger partial charge in [-0.2, -0.15) is 0 Å². The Morgan fingerprint density at radius 3 is 2.44 bits per heavy atom. The Morgan fingerprint density at radius 1 is 1.33 bits per heavy atom. The van der Waals surface area contributed by atoms with E-state index in [9.17, 15) is 17.2 Å². The van der Waals surface area contributed by atoms with E-state index in [0.29, 0.717) is 13.0 Å². The molecule has 1 aromatic carbocycles. The molecule has 0 aromatic heterocycles. The quantitative estimate of drug-likeness (QED) is 0.794. The van der Waals surface area contributed by atoms with Crippen LogP contribution in [0.15, 0.2) is 17.0 Å². The first kappa shape index (κ1) is 13.2. The highest BCUT2D eigenvalue weighted by molar-refractivity contribution is 7.89. The SMILES string of the molecule is Nc1cc(F)c(S(=O)(=O)NC2CCOC2)c(F)c1. The normalized spacial score (nSPS) is 20.2. The first-order valence-corrected chi connectivity index (χ1v) is 6.73. The molecule has 0 saturated carbocycles. The fraction of sp³-hybridized carbons (Fsp3) is 0.400. The molecule has 18 heavy (non-hydrogen) atoms. The Balaban J connectivity index is 2.34. The van der Waals surface area contributed by atoms with Crippen LogP contribution in [0.25, 0.3) is 0 Å². The Bertz CT molecular complexity index is 533. The molecular weight excluding hydrogens is 266 g/mol. The first-order valence-electron chi connectivity index (χ1n) is 5.25. The van der Waals surface area contributed by atoms with E-state index >= 15 is 0 Å². The lowest BCUT2D eigenvalue weighted by atomic mass is 10.3. The maximum atomic E-state index is 13.5. The molecule has 1 aliphatic rings. The van der Waals surface area contributed by atoms with Crippen molar-refractivity contribution in [1.82, 2.24) is 4.72 Å². The predicted octanol–water partition coefficient (Wildman–Crippen LogP) is 0.614. The Hall–Kier alpha value is -1.25. The smallest absolute Gasteiger partial charge is 0.246 e. The number of nitrogens with two attached hydrogens (primary N) is 1. The molecule has 1 fully saturated rings. The van der Waals surface area contributed by atoms with E-state index in [4.69, 9.17) is 10.5 Å². The number of anilines is 1. The van der Waals surface area contributed by atoms with E-state index in [1.807, 2.05) is 0 Å². The Labute approximate surface area is 103 Å². The molecule has 2 rings (SSSR count). The molecule has 0 radical (unpaired) electrons. The summed E-state index contributed by atoms with van der Waals surface area (Å²) < 4.78 is 57.9. The van der Waals surface area contributed by atoms with Crippen LogP contribution in [0.3, 0.4) is 0 Å². The second-order valence-electron chi connectivity index (χ2n) is 4.00. The maximum absolute atomic E-state index is 13.5. The predicted molar refractivity (Wildman–Crippen MR) is 60.3 cm³/mol. The third-order valence-electron chi connectivity index (χ3n) is 2.54. The van der Waals surface area contributed by atoms with Gasteiger partial charge in [-0.05, 0) is 18.6 Å². The maximum Gasteiger partial charge on any atom is 0.246 e. The van der Waals surface area contributed by atoms with Crippen molar-refractivity contribution in [1.29, 1.82) is 0 Å². The van der Waals surface area contributed by atoms with Gasteiger partial charge >= 0.3 is 0 Å². The van der Waals surface area contributed by atoms with Gasteiger partial charge in [-0.25, -0.2) is 21.9 Å². The lowest BCUT2D eigenvalue weighted by molar-refractivity contribution is 0.192. The zero-order valence-electron chi connectivity index (χ0n) is 9.32. The minimum atomic E-state index is -4.26. The van der Waals surface area contributed by atoms with Crippen LogP contribution in [-0.2, 0) is 14.8 Å². The molecule has 8 heteroatoms. The van der Waals surface area contributed by atoms with Gasteiger partial charge in [0.1, 0.15) is 11.6 Å². The summed E-state index contributed by atoms with van der Waals surface area (Å²) in [6.07, 6.45) is 0.470. The van der Waals surface area contributed by atoms with Crippen molar-refractivity contribution in [3.05, 3.63) is 23.8 Å². The number of halogens is 2. The molecule has 100 valence electrons. The molecule has 0 spiro atoms. The summed E-state index contributed by atoms with van der Waals surface area (Å²) in [6.45, 7) is 0.608. The summed E-state index contributed by atoms with van der Waals surface area (Å²) in [7, 11) is -4.26. The van der Waals surface area contributed by atoms with Crippen LogP contribution < -0.4 is 10.5 Å². The second-order valence-corrected chi connectivity index (χ2v) is 5.65. The second kappa shape index (κ2) is 4.79. The average molecular weight is 278 g/mol. The number of sulfonamides is 1. The molecule has 0 bridgehead atoms. The lowest BCUT2D eigenvalue weighted by Crippen LogP contribution is -2.36. The summed E-state index contributed by atoms with van der Waals surface area (Å²) in [4.78, 5) is -1.01. The molecule has 1 unspecified atom stereocenters. The average Bonchev–Trinajstić information content (AvgIpc) is 2.66. The van der Waals surface area contributed by atoms with Crippen molar-refractivity contribution < 1.29 is 21.9 Å². The molecule has 1 atom stereocenters. The number of hydrogen-bond donors (Lipinski definition) is 2. The summed E-state index contributed by atoms with van der Waals surface area (Å²) in [6, 6.07) is 1.07. The van der Waals surface area contributed by atoms with Gasteiger partial charge in [0.05, 0.1) is 6.61 Å². The number of rotatable bonds is 3. The van der Waals surface area contributed by atoms with Gasteiger partial charge in [-0.3, -0.25) is 0 Å². The van der Waals surface area contributed by atoms with Crippen LogP contribution in [0.1, 0.15) is 6.42 Å². The first-order chi connectivity index (χ1) is 8.40. The number of ether oxygens (including phenoxy) is 1. The molecule has 0 amide bonds. The van der Waals surface area contributed by atoms with E-state index in [1.54, 1.807) is 0 Å². The van der Waals surface area contributed by atoms with Gasteiger partial charge in [-0.15, -0.1) is 0 Å². The van der Waals surface area contributed by atoms with E-state index in [2.05, 4.69) is 4.72 Å². The highest BCUT2D eigenvalue weighted by Gasteiger charge is 2.28. The largest absolute Gasteiger partial charge is 0.399 e. The molecule has 3 N–H and O–H groups in total. The summed E-state index contributed by atoms with van der Waals surface area (Å²) in [5.74, 6) is -2.42. The van der Waals surface area contributed by atoms with Gasteiger partial charge in [0.15, 0.2) is 4.90 Å². The van der Waals surface area contributed by atoms with Crippen molar-refractivity contribution in [3.8, 4) is 0 Å². The molecule has 0 aliphatic carbocycles. The zero-order chi connectivity index (χ0) is 13.3. The Kier molecular flexibility index (Phi) is 3.51. The molecule has 1 heterocycles. The summed E-state index contributed by atoms with van der Waals surface area (Å²) in [5, 5.41) is 0. The van der Waals surface area contributed by atoms with Gasteiger partial charge < -0.3 is 10.5 Å². The monoisotopic (exact) mass is 278 g/mol. The molecule has 1 saturated heterocycles. The van der Waals surface area contributed by atoms with Crippen molar-refractivity contribution in [3.63, 3.8) is 0 Å². The van der Waals surface area contributed by atoms with E-state index in [1.165, 1.54) is 0 Å². The fourth-order valence-electron chi connectivity index (χ4n) is 1.74. The molecule has 5 nitrogen and oxygen atoms in total. The van der Waals surface area contributed by atoms with E-state index in [0.717, 1.165) is 12.1 Å². The standard InChI is InChI=1S/C10H12F2N2O3S/c11-8-3-6(13)4-9(12)10(8)18(15,16)14-7-1-2-17-5-7/h3-4,7,14H,1-2,5,13H2. The van der Waals surface area contributed by atoms with Crippen LogP contribution in [0.5, 0.6) is 0 Å². The number of nitrogens with one attached hydrogen (secondary N) is 1. The van der Waals surface area contributed by atoms with E-state index < -0.39 is 32.6 Å². The van der Waals surface area contributed by atoms with Crippen LogP contribution >= 0.6 is 0 Å². The topological polar surface area (TPSA) is 81.4 Å². The summed E-state index contributed by atoms with van der Waals surface area (Å²) in [5.41, 5.74) is 5.05. The molecule has 1 aliphatic heterocycles. The van der Waals surface area contributed by atoms with Crippen molar-refractivity contribution in [2.45, 2.75) is 17.4 Å². The van der Waals surface area contributed by atoms with E-state index in [-0.39, 0.29) is 12.3 Å². The zero-order valence-corrected chi connectivity index (χ0v) is 10.1. The van der Waals surface area contributed by atoms with Gasteiger partial charge in [0, 0.05) is 18.3 Å². The third-order valence-corrected chi connectivity index (χ3v) is 4.11. The van der Waals surface area contributed by atoms with Crippen LogP contribution in [0.2, 0.25) is 0 Å². The van der Waals surface area contributed by atoms with Gasteiger partial charge in [0.25, 0.3) is 0 Å². The van der Waals surface area contributed by atoms with Crippen LogP contribution in [0.4, 0.5) is 14.5 Å². The Morgan fingerprint density at radius 2 is 1.94 bits per heavy atom. The van der Waals surface area contributed by atoms with Gasteiger partial charge in [-0.1, -0.05) is 0 Å². The van der Waals surface area contributed by atoms with Crippen molar-refractivity contribution in [2.24, 2.45) is 0 Å². The number of nitrogen functional groups attached to an aromatic ring is 1. The minimum absolute atomic E-state index is 0.173. The number of hydrogen-bond acceptors (Lipinski definition) is 4. The fourth-order valence-corrected chi connectivity index (χ4v) is 3.12.